The fourth-order valence-electron chi connectivity index (χ4n) is 1.42. The highest BCUT2D eigenvalue weighted by Crippen LogP contribution is 2.11. The van der Waals surface area contributed by atoms with Crippen LogP contribution in [-0.4, -0.2) is 36.9 Å². The minimum absolute atomic E-state index is 0.930. The van der Waals surface area contributed by atoms with Crippen molar-refractivity contribution in [2.45, 2.75) is 34.1 Å². The van der Waals surface area contributed by atoms with Gasteiger partial charge in [-0.25, -0.2) is 0 Å². The topological polar surface area (TPSA) is 18.8 Å². The molecule has 0 aromatic heterocycles. The van der Waals surface area contributed by atoms with Gasteiger partial charge in [0, 0.05) is 26.8 Å². The van der Waals surface area contributed by atoms with Crippen LogP contribution in [0.3, 0.4) is 0 Å². The molecule has 0 aromatic rings. The van der Waals surface area contributed by atoms with Crippen molar-refractivity contribution in [2.75, 3.05) is 21.1 Å². The number of amidine groups is 1. The summed E-state index contributed by atoms with van der Waals surface area (Å²) in [6, 6.07) is 0. The predicted molar refractivity (Wildman–Crippen MR) is 81.5 cm³/mol. The molecule has 0 aliphatic carbocycles. The van der Waals surface area contributed by atoms with Crippen LogP contribution in [0.15, 0.2) is 40.7 Å². The van der Waals surface area contributed by atoms with Gasteiger partial charge in [-0.2, -0.15) is 5.10 Å². The number of hydrogen-bond donors (Lipinski definition) is 0. The van der Waals surface area contributed by atoms with Gasteiger partial charge in [0.05, 0.1) is 0 Å². The first-order valence-electron chi connectivity index (χ1n) is 6.20. The Morgan fingerprint density at radius 1 is 1.11 bits per heavy atom. The van der Waals surface area contributed by atoms with Crippen LogP contribution in [0.2, 0.25) is 0 Å². The summed E-state index contributed by atoms with van der Waals surface area (Å²) in [5.41, 5.74) is 3.62. The van der Waals surface area contributed by atoms with Gasteiger partial charge in [0.25, 0.3) is 0 Å². The quantitative estimate of drug-likeness (QED) is 0.244. The molecule has 0 amide bonds. The van der Waals surface area contributed by atoms with E-state index in [0.29, 0.717) is 0 Å². The first-order chi connectivity index (χ1) is 8.25. The summed E-state index contributed by atoms with van der Waals surface area (Å²) in [5, 5.41) is 6.20. The number of nitrogens with zero attached hydrogens (tertiary/aromatic N) is 3. The molecular formula is C15H27N3. The van der Waals surface area contributed by atoms with Crippen molar-refractivity contribution in [1.29, 1.82) is 0 Å². The number of allylic oxidation sites excluding steroid dienone is 5. The maximum atomic E-state index is 4.39. The SMILES string of the molecule is C=C(C)CC=C/C(C)=C(\C)N(C)/C(C)=N/N(C)C. The highest BCUT2D eigenvalue weighted by atomic mass is 15.4. The van der Waals surface area contributed by atoms with Crippen LogP contribution in [-0.2, 0) is 0 Å². The van der Waals surface area contributed by atoms with Crippen molar-refractivity contribution < 1.29 is 0 Å². The van der Waals surface area contributed by atoms with Crippen LogP contribution in [0, 0.1) is 0 Å². The lowest BCUT2D eigenvalue weighted by Crippen LogP contribution is -2.25. The van der Waals surface area contributed by atoms with E-state index in [0.717, 1.165) is 12.3 Å². The fraction of sp³-hybridized carbons (Fsp3) is 0.533. The molecule has 0 fully saturated rings. The lowest BCUT2D eigenvalue weighted by molar-refractivity contribution is 0.424. The number of hydrogen-bond acceptors (Lipinski definition) is 2. The Morgan fingerprint density at radius 3 is 2.11 bits per heavy atom. The Morgan fingerprint density at radius 2 is 1.67 bits per heavy atom. The number of hydrazone groups is 1. The highest BCUT2D eigenvalue weighted by molar-refractivity contribution is 5.81. The van der Waals surface area contributed by atoms with E-state index >= 15 is 0 Å². The second-order valence-corrected chi connectivity index (χ2v) is 4.89. The van der Waals surface area contributed by atoms with E-state index in [1.165, 1.54) is 16.8 Å². The van der Waals surface area contributed by atoms with Crippen molar-refractivity contribution in [3.8, 4) is 0 Å². The Balaban J connectivity index is 4.83. The first-order valence-corrected chi connectivity index (χ1v) is 6.20. The Kier molecular flexibility index (Phi) is 7.10. The standard InChI is InChI=1S/C15H27N3/c1-12(2)10-9-11-13(3)14(4)18(8)15(5)16-17(6)7/h9,11H,1,10H2,2-8H3/b11-9?,14-13+,16-15+. The third-order valence-electron chi connectivity index (χ3n) is 2.74. The Bertz CT molecular complexity index is 373. The maximum Gasteiger partial charge on any atom is 0.125 e. The largest absolute Gasteiger partial charge is 0.335 e. The summed E-state index contributed by atoms with van der Waals surface area (Å²) >= 11 is 0. The third-order valence-corrected chi connectivity index (χ3v) is 2.74. The van der Waals surface area contributed by atoms with Gasteiger partial charge >= 0.3 is 0 Å². The molecule has 0 bridgehead atoms. The summed E-state index contributed by atoms with van der Waals surface area (Å²) in [5.74, 6) is 0.977. The molecule has 0 saturated heterocycles. The maximum absolute atomic E-state index is 4.39. The van der Waals surface area contributed by atoms with Crippen molar-refractivity contribution in [3.05, 3.63) is 35.6 Å². The smallest absolute Gasteiger partial charge is 0.125 e. The molecule has 0 radical (unpaired) electrons. The molecular weight excluding hydrogens is 222 g/mol. The van der Waals surface area contributed by atoms with Gasteiger partial charge in [-0.1, -0.05) is 24.3 Å². The molecule has 0 rings (SSSR count). The Labute approximate surface area is 112 Å². The van der Waals surface area contributed by atoms with E-state index in [9.17, 15) is 0 Å². The average molecular weight is 249 g/mol. The van der Waals surface area contributed by atoms with Crippen molar-refractivity contribution in [1.82, 2.24) is 9.91 Å². The van der Waals surface area contributed by atoms with Gasteiger partial charge in [-0.15, -0.1) is 0 Å². The molecule has 0 heterocycles. The van der Waals surface area contributed by atoms with E-state index in [1.807, 2.05) is 40.0 Å². The molecule has 0 saturated carbocycles. The fourth-order valence-corrected chi connectivity index (χ4v) is 1.42. The zero-order valence-corrected chi connectivity index (χ0v) is 12.9. The normalized spacial score (nSPS) is 13.6. The average Bonchev–Trinajstić information content (AvgIpc) is 2.25. The van der Waals surface area contributed by atoms with Gasteiger partial charge in [-0.3, -0.25) is 0 Å². The molecule has 0 aliphatic heterocycles. The molecule has 0 aromatic carbocycles. The second kappa shape index (κ2) is 7.75. The summed E-state index contributed by atoms with van der Waals surface area (Å²) in [7, 11) is 5.89. The van der Waals surface area contributed by atoms with Gasteiger partial charge < -0.3 is 9.91 Å². The van der Waals surface area contributed by atoms with Crippen LogP contribution in [0.4, 0.5) is 0 Å². The lowest BCUT2D eigenvalue weighted by atomic mass is 10.1. The predicted octanol–water partition coefficient (Wildman–Crippen LogP) is 3.63. The molecule has 3 heteroatoms. The minimum Gasteiger partial charge on any atom is -0.335 e. The van der Waals surface area contributed by atoms with E-state index in [-0.39, 0.29) is 0 Å². The van der Waals surface area contributed by atoms with Crippen molar-refractivity contribution in [2.24, 2.45) is 5.10 Å². The van der Waals surface area contributed by atoms with E-state index < -0.39 is 0 Å². The summed E-state index contributed by atoms with van der Waals surface area (Å²) in [6.07, 6.45) is 5.22. The molecule has 0 N–H and O–H groups in total. The molecule has 3 nitrogen and oxygen atoms in total. The third kappa shape index (κ3) is 6.28. The monoisotopic (exact) mass is 249 g/mol. The van der Waals surface area contributed by atoms with Crippen molar-refractivity contribution >= 4 is 5.84 Å². The minimum atomic E-state index is 0.930. The summed E-state index contributed by atoms with van der Waals surface area (Å²) < 4.78 is 0. The van der Waals surface area contributed by atoms with E-state index in [4.69, 9.17) is 0 Å². The first kappa shape index (κ1) is 16.5. The van der Waals surface area contributed by atoms with Crippen LogP contribution >= 0.6 is 0 Å². The van der Waals surface area contributed by atoms with Crippen LogP contribution in [0.1, 0.15) is 34.1 Å². The molecule has 0 unspecified atom stereocenters. The van der Waals surface area contributed by atoms with Crippen LogP contribution in [0.25, 0.3) is 0 Å². The van der Waals surface area contributed by atoms with Crippen LogP contribution < -0.4 is 0 Å². The molecule has 18 heavy (non-hydrogen) atoms. The zero-order chi connectivity index (χ0) is 14.3. The van der Waals surface area contributed by atoms with Gasteiger partial charge in [-0.05, 0) is 39.7 Å². The molecule has 0 atom stereocenters. The lowest BCUT2D eigenvalue weighted by Gasteiger charge is -2.22. The van der Waals surface area contributed by atoms with E-state index in [1.54, 1.807) is 0 Å². The second-order valence-electron chi connectivity index (χ2n) is 4.89. The molecule has 0 aliphatic rings. The number of rotatable bonds is 5. The van der Waals surface area contributed by atoms with Crippen molar-refractivity contribution in [3.63, 3.8) is 0 Å². The van der Waals surface area contributed by atoms with Gasteiger partial charge in [0.2, 0.25) is 0 Å². The highest BCUT2D eigenvalue weighted by Gasteiger charge is 2.05. The molecule has 102 valence electrons. The summed E-state index contributed by atoms with van der Waals surface area (Å²) in [4.78, 5) is 2.10. The van der Waals surface area contributed by atoms with E-state index in [2.05, 4.69) is 42.6 Å². The van der Waals surface area contributed by atoms with Gasteiger partial charge in [0.15, 0.2) is 0 Å². The van der Waals surface area contributed by atoms with Gasteiger partial charge in [0.1, 0.15) is 5.84 Å². The Hall–Kier alpha value is -1.51. The zero-order valence-electron chi connectivity index (χ0n) is 12.9. The summed E-state index contributed by atoms with van der Waals surface area (Å²) in [6.45, 7) is 12.2. The molecule has 0 spiro atoms. The van der Waals surface area contributed by atoms with Crippen LogP contribution in [0.5, 0.6) is 0 Å².